The molecule has 4 N–H and O–H groups in total. The molecule has 0 amide bonds. The van der Waals surface area contributed by atoms with Gasteiger partial charge in [0.15, 0.2) is 12.1 Å². The SMILES string of the molecule is CC(C)C(C)C=CC(C)C1C(=O)C(OC2OCC(O)C(O)C2O)C2C3CC=C4CC(O)CCC4(C)C3CCC12C. The highest BCUT2D eigenvalue weighted by atomic mass is 16.7. The number of Topliss-reactive ketones (excluding diaryl/α,β-unsaturated/α-hetero) is 1. The molecule has 14 unspecified atom stereocenters. The molecular formula is C33H52O7. The maximum absolute atomic E-state index is 14.4. The van der Waals surface area contributed by atoms with E-state index in [4.69, 9.17) is 9.47 Å². The molecule has 0 radical (unpaired) electrons. The lowest BCUT2D eigenvalue weighted by atomic mass is 9.46. The molecule has 1 aliphatic heterocycles. The molecule has 0 spiro atoms. The van der Waals surface area contributed by atoms with Gasteiger partial charge in [-0.15, -0.1) is 0 Å². The highest BCUT2D eigenvalue weighted by molar-refractivity contribution is 5.90. The van der Waals surface area contributed by atoms with Gasteiger partial charge >= 0.3 is 0 Å². The predicted octanol–water partition coefficient (Wildman–Crippen LogP) is 4.02. The summed E-state index contributed by atoms with van der Waals surface area (Å²) in [5.41, 5.74) is 1.10. The van der Waals surface area contributed by atoms with Crippen LogP contribution in [0, 0.1) is 52.3 Å². The summed E-state index contributed by atoms with van der Waals surface area (Å²) in [4.78, 5) is 14.4. The zero-order chi connectivity index (χ0) is 29.1. The van der Waals surface area contributed by atoms with E-state index in [0.717, 1.165) is 38.5 Å². The van der Waals surface area contributed by atoms with Crippen LogP contribution in [0.5, 0.6) is 0 Å². The van der Waals surface area contributed by atoms with Gasteiger partial charge in [-0.05, 0) is 78.9 Å². The monoisotopic (exact) mass is 560 g/mol. The summed E-state index contributed by atoms with van der Waals surface area (Å²) in [6, 6.07) is 0. The minimum absolute atomic E-state index is 0.00846. The van der Waals surface area contributed by atoms with Crippen LogP contribution in [-0.2, 0) is 14.3 Å². The van der Waals surface area contributed by atoms with Crippen LogP contribution in [0.3, 0.4) is 0 Å². The van der Waals surface area contributed by atoms with Crippen molar-refractivity contribution in [3.8, 4) is 0 Å². The Balaban J connectivity index is 1.50. The average molecular weight is 561 g/mol. The molecule has 4 aliphatic carbocycles. The van der Waals surface area contributed by atoms with E-state index in [-0.39, 0.29) is 53.0 Å². The molecule has 5 aliphatic rings. The van der Waals surface area contributed by atoms with Crippen LogP contribution in [0.2, 0.25) is 0 Å². The second-order valence-electron chi connectivity index (χ2n) is 14.7. The van der Waals surface area contributed by atoms with Gasteiger partial charge in [-0.25, -0.2) is 0 Å². The predicted molar refractivity (Wildman–Crippen MR) is 152 cm³/mol. The van der Waals surface area contributed by atoms with Crippen molar-refractivity contribution in [3.05, 3.63) is 23.8 Å². The van der Waals surface area contributed by atoms with Crippen LogP contribution in [0.1, 0.15) is 80.1 Å². The van der Waals surface area contributed by atoms with Gasteiger partial charge in [0.2, 0.25) is 0 Å². The number of hydrogen-bond acceptors (Lipinski definition) is 7. The van der Waals surface area contributed by atoms with E-state index in [1.165, 1.54) is 5.57 Å². The lowest BCUT2D eigenvalue weighted by Crippen LogP contribution is -2.56. The molecule has 7 nitrogen and oxygen atoms in total. The molecule has 0 aromatic heterocycles. The van der Waals surface area contributed by atoms with Crippen molar-refractivity contribution in [2.45, 2.75) is 117 Å². The molecule has 1 saturated heterocycles. The summed E-state index contributed by atoms with van der Waals surface area (Å²) in [6.07, 6.45) is 5.92. The Kier molecular flexibility index (Phi) is 8.50. The topological polar surface area (TPSA) is 116 Å². The van der Waals surface area contributed by atoms with Gasteiger partial charge in [-0.1, -0.05) is 65.3 Å². The number of aliphatic hydroxyl groups excluding tert-OH is 4. The number of allylic oxidation sites excluding steroid dienone is 3. The van der Waals surface area contributed by atoms with E-state index in [2.05, 4.69) is 59.8 Å². The molecule has 5 rings (SSSR count). The molecule has 0 bridgehead atoms. The van der Waals surface area contributed by atoms with Crippen molar-refractivity contribution in [1.29, 1.82) is 0 Å². The Labute approximate surface area is 240 Å². The number of fused-ring (bicyclic) bond motifs is 5. The molecule has 226 valence electrons. The Morgan fingerprint density at radius 3 is 2.45 bits per heavy atom. The third kappa shape index (κ3) is 4.97. The Hall–Kier alpha value is -1.09. The molecule has 7 heteroatoms. The number of carbonyl (C=O) groups excluding carboxylic acids is 1. The second kappa shape index (κ2) is 11.2. The highest BCUT2D eigenvalue weighted by Crippen LogP contribution is 2.67. The molecule has 1 heterocycles. The summed E-state index contributed by atoms with van der Waals surface area (Å²) in [5, 5.41) is 41.5. The second-order valence-corrected chi connectivity index (χ2v) is 14.7. The molecule has 3 saturated carbocycles. The maximum atomic E-state index is 14.4. The summed E-state index contributed by atoms with van der Waals surface area (Å²) >= 11 is 0. The largest absolute Gasteiger partial charge is 0.393 e. The first-order valence-corrected chi connectivity index (χ1v) is 15.7. The summed E-state index contributed by atoms with van der Waals surface area (Å²) in [5.74, 6) is 1.39. The normalized spacial score (nSPS) is 48.9. The zero-order valence-corrected chi connectivity index (χ0v) is 25.2. The maximum Gasteiger partial charge on any atom is 0.187 e. The van der Waals surface area contributed by atoms with Crippen LogP contribution >= 0.6 is 0 Å². The standard InChI is InChI=1S/C33H52O7/c1-17(2)18(3)7-8-19(4)25-28(37)30(40-31-29(38)27(36)24(35)16-39-31)26-22-10-9-20-15-21(34)11-13-32(20,5)23(22)12-14-33(25,26)6/h7-9,17-19,21-27,29-31,34-36,38H,10-16H2,1-6H3. The molecule has 0 aromatic carbocycles. The van der Waals surface area contributed by atoms with E-state index in [1.807, 2.05) is 0 Å². The van der Waals surface area contributed by atoms with Gasteiger partial charge in [0.1, 0.15) is 24.4 Å². The Morgan fingerprint density at radius 2 is 1.75 bits per heavy atom. The minimum atomic E-state index is -1.43. The van der Waals surface area contributed by atoms with E-state index in [1.54, 1.807) is 0 Å². The molecule has 0 aromatic rings. The summed E-state index contributed by atoms with van der Waals surface area (Å²) in [7, 11) is 0. The van der Waals surface area contributed by atoms with Crippen LogP contribution in [-0.4, -0.2) is 69.6 Å². The Bertz CT molecular complexity index is 1010. The molecule has 40 heavy (non-hydrogen) atoms. The first-order valence-electron chi connectivity index (χ1n) is 15.7. The van der Waals surface area contributed by atoms with Crippen molar-refractivity contribution in [1.82, 2.24) is 0 Å². The first kappa shape index (κ1) is 30.4. The zero-order valence-electron chi connectivity index (χ0n) is 25.2. The molecular weight excluding hydrogens is 508 g/mol. The lowest BCUT2D eigenvalue weighted by molar-refractivity contribution is -0.286. The smallest absolute Gasteiger partial charge is 0.187 e. The van der Waals surface area contributed by atoms with Crippen molar-refractivity contribution in [2.75, 3.05) is 6.61 Å². The van der Waals surface area contributed by atoms with Gasteiger partial charge in [0.05, 0.1) is 12.7 Å². The number of hydrogen-bond donors (Lipinski definition) is 4. The lowest BCUT2D eigenvalue weighted by Gasteiger charge is -2.58. The van der Waals surface area contributed by atoms with Crippen molar-refractivity contribution in [3.63, 3.8) is 0 Å². The van der Waals surface area contributed by atoms with Crippen molar-refractivity contribution < 1.29 is 34.7 Å². The Morgan fingerprint density at radius 1 is 1.02 bits per heavy atom. The first-order chi connectivity index (χ1) is 18.8. The molecule has 4 fully saturated rings. The number of rotatable bonds is 6. The van der Waals surface area contributed by atoms with E-state index >= 15 is 0 Å². The van der Waals surface area contributed by atoms with Crippen LogP contribution in [0.4, 0.5) is 0 Å². The average Bonchev–Trinajstić information content (AvgIpc) is 3.13. The van der Waals surface area contributed by atoms with Gasteiger partial charge in [0, 0.05) is 11.8 Å². The molecule has 14 atom stereocenters. The third-order valence-corrected chi connectivity index (χ3v) is 12.0. The minimum Gasteiger partial charge on any atom is -0.393 e. The van der Waals surface area contributed by atoms with Crippen LogP contribution in [0.25, 0.3) is 0 Å². The highest BCUT2D eigenvalue weighted by Gasteiger charge is 2.66. The number of ether oxygens (including phenoxy) is 2. The number of ketones is 1. The van der Waals surface area contributed by atoms with Gasteiger partial charge < -0.3 is 29.9 Å². The van der Waals surface area contributed by atoms with E-state index in [0.29, 0.717) is 17.8 Å². The van der Waals surface area contributed by atoms with Gasteiger partial charge in [-0.2, -0.15) is 0 Å². The van der Waals surface area contributed by atoms with Gasteiger partial charge in [0.25, 0.3) is 0 Å². The number of aliphatic hydroxyl groups is 4. The fraction of sp³-hybridized carbons (Fsp3) is 0.848. The van der Waals surface area contributed by atoms with E-state index in [9.17, 15) is 25.2 Å². The number of carbonyl (C=O) groups is 1. The van der Waals surface area contributed by atoms with Gasteiger partial charge in [-0.3, -0.25) is 4.79 Å². The third-order valence-electron chi connectivity index (χ3n) is 12.0. The van der Waals surface area contributed by atoms with Crippen molar-refractivity contribution in [2.24, 2.45) is 52.3 Å². The fourth-order valence-corrected chi connectivity index (χ4v) is 9.27. The van der Waals surface area contributed by atoms with E-state index < -0.39 is 30.7 Å². The summed E-state index contributed by atoms with van der Waals surface area (Å²) in [6.45, 7) is 13.3. The van der Waals surface area contributed by atoms with Crippen LogP contribution < -0.4 is 0 Å². The van der Waals surface area contributed by atoms with Crippen LogP contribution in [0.15, 0.2) is 23.8 Å². The quantitative estimate of drug-likeness (QED) is 0.363. The summed E-state index contributed by atoms with van der Waals surface area (Å²) < 4.78 is 12.1. The fourth-order valence-electron chi connectivity index (χ4n) is 9.27. The van der Waals surface area contributed by atoms with Crippen molar-refractivity contribution >= 4 is 5.78 Å².